The summed E-state index contributed by atoms with van der Waals surface area (Å²) >= 11 is 0. The number of ether oxygens (including phenoxy) is 1. The van der Waals surface area contributed by atoms with Gasteiger partial charge in [-0.1, -0.05) is 12.8 Å². The molecule has 1 aliphatic carbocycles. The molecule has 0 amide bonds. The van der Waals surface area contributed by atoms with Gasteiger partial charge in [0.1, 0.15) is 0 Å². The van der Waals surface area contributed by atoms with Gasteiger partial charge in [0.15, 0.2) is 0 Å². The number of hydrogen-bond donors (Lipinski definition) is 1. The zero-order valence-corrected chi connectivity index (χ0v) is 10.8. The van der Waals surface area contributed by atoms with E-state index in [1.807, 2.05) is 0 Å². The van der Waals surface area contributed by atoms with Gasteiger partial charge in [0, 0.05) is 25.3 Å². The molecule has 0 aromatic rings. The van der Waals surface area contributed by atoms with E-state index in [9.17, 15) is 5.26 Å². The van der Waals surface area contributed by atoms with Crippen molar-refractivity contribution in [1.29, 1.82) is 5.26 Å². The van der Waals surface area contributed by atoms with Crippen LogP contribution in [0.2, 0.25) is 0 Å². The summed E-state index contributed by atoms with van der Waals surface area (Å²) in [7, 11) is 0. The summed E-state index contributed by atoms with van der Waals surface area (Å²) in [5, 5.41) is 12.9. The molecule has 2 rings (SSSR count). The second-order valence-corrected chi connectivity index (χ2v) is 5.53. The fourth-order valence-corrected chi connectivity index (χ4v) is 3.17. The second-order valence-electron chi connectivity index (χ2n) is 5.53. The molecule has 17 heavy (non-hydrogen) atoms. The first-order valence-corrected chi connectivity index (χ1v) is 7.04. The first-order chi connectivity index (χ1) is 8.31. The minimum atomic E-state index is 0.228. The molecule has 1 N–H and O–H groups in total. The van der Waals surface area contributed by atoms with Gasteiger partial charge in [0.25, 0.3) is 0 Å². The molecule has 3 nitrogen and oxygen atoms in total. The molecule has 1 saturated carbocycles. The lowest BCUT2D eigenvalue weighted by molar-refractivity contribution is 0.0527. The van der Waals surface area contributed by atoms with Crippen LogP contribution in [-0.2, 0) is 4.74 Å². The van der Waals surface area contributed by atoms with Gasteiger partial charge >= 0.3 is 0 Å². The van der Waals surface area contributed by atoms with E-state index in [1.54, 1.807) is 0 Å². The molecular weight excluding hydrogens is 212 g/mol. The van der Waals surface area contributed by atoms with Crippen molar-refractivity contribution in [3.63, 3.8) is 0 Å². The summed E-state index contributed by atoms with van der Waals surface area (Å²) in [5.74, 6) is 0.955. The Morgan fingerprint density at radius 2 is 1.88 bits per heavy atom. The molecule has 1 saturated heterocycles. The number of nitriles is 1. The van der Waals surface area contributed by atoms with Gasteiger partial charge in [0.05, 0.1) is 12.0 Å². The van der Waals surface area contributed by atoms with E-state index in [0.717, 1.165) is 38.4 Å². The number of nitrogens with one attached hydrogen (secondary N) is 1. The van der Waals surface area contributed by atoms with Crippen molar-refractivity contribution in [2.45, 2.75) is 57.5 Å². The van der Waals surface area contributed by atoms with Crippen LogP contribution in [0.25, 0.3) is 0 Å². The van der Waals surface area contributed by atoms with Crippen molar-refractivity contribution in [2.75, 3.05) is 13.2 Å². The highest BCUT2D eigenvalue weighted by atomic mass is 16.5. The van der Waals surface area contributed by atoms with Gasteiger partial charge in [-0.3, -0.25) is 0 Å². The third-order valence-corrected chi connectivity index (χ3v) is 4.38. The lowest BCUT2D eigenvalue weighted by Gasteiger charge is -2.35. The molecule has 0 aromatic heterocycles. The van der Waals surface area contributed by atoms with Crippen LogP contribution < -0.4 is 5.32 Å². The Morgan fingerprint density at radius 3 is 2.59 bits per heavy atom. The minimum absolute atomic E-state index is 0.228. The van der Waals surface area contributed by atoms with E-state index >= 15 is 0 Å². The first kappa shape index (κ1) is 12.9. The lowest BCUT2D eigenvalue weighted by atomic mass is 9.83. The van der Waals surface area contributed by atoms with Gasteiger partial charge in [-0.15, -0.1) is 0 Å². The number of rotatable bonds is 3. The molecule has 3 atom stereocenters. The highest BCUT2D eigenvalue weighted by Gasteiger charge is 2.28. The molecule has 2 fully saturated rings. The Labute approximate surface area is 105 Å². The van der Waals surface area contributed by atoms with E-state index in [1.165, 1.54) is 19.3 Å². The number of hydrogen-bond acceptors (Lipinski definition) is 3. The molecule has 1 aliphatic heterocycles. The van der Waals surface area contributed by atoms with Crippen molar-refractivity contribution in [2.24, 2.45) is 11.8 Å². The lowest BCUT2D eigenvalue weighted by Crippen LogP contribution is -2.46. The van der Waals surface area contributed by atoms with Crippen LogP contribution in [0.3, 0.4) is 0 Å². The van der Waals surface area contributed by atoms with E-state index in [0.29, 0.717) is 12.1 Å². The Morgan fingerprint density at radius 1 is 1.18 bits per heavy atom. The quantitative estimate of drug-likeness (QED) is 0.818. The summed E-state index contributed by atoms with van der Waals surface area (Å²) in [6.07, 6.45) is 7.08. The molecule has 3 heteroatoms. The molecular formula is C14H24N2O. The van der Waals surface area contributed by atoms with E-state index in [4.69, 9.17) is 4.74 Å². The van der Waals surface area contributed by atoms with Gasteiger partial charge in [-0.25, -0.2) is 0 Å². The van der Waals surface area contributed by atoms with Crippen molar-refractivity contribution >= 4 is 0 Å². The molecule has 96 valence electrons. The fourth-order valence-electron chi connectivity index (χ4n) is 3.17. The molecule has 3 unspecified atom stereocenters. The predicted octanol–water partition coefficient (Wildman–Crippen LogP) is 2.47. The van der Waals surface area contributed by atoms with Crippen molar-refractivity contribution in [1.82, 2.24) is 5.32 Å². The monoisotopic (exact) mass is 236 g/mol. The van der Waals surface area contributed by atoms with Crippen molar-refractivity contribution < 1.29 is 4.74 Å². The van der Waals surface area contributed by atoms with E-state index in [-0.39, 0.29) is 5.92 Å². The summed E-state index contributed by atoms with van der Waals surface area (Å²) in [6, 6.07) is 3.42. The predicted molar refractivity (Wildman–Crippen MR) is 67.5 cm³/mol. The average Bonchev–Trinajstić information content (AvgIpc) is 2.40. The fraction of sp³-hybridized carbons (Fsp3) is 0.929. The normalized spacial score (nSPS) is 32.9. The molecule has 1 heterocycles. The summed E-state index contributed by atoms with van der Waals surface area (Å²) in [6.45, 7) is 4.09. The highest BCUT2D eigenvalue weighted by molar-refractivity contribution is 4.96. The standard InChI is InChI=1S/C14H24N2O/c1-11(12-6-8-17-9-7-12)16-14-5-3-2-4-13(14)10-15/h11-14,16H,2-9H2,1H3. The van der Waals surface area contributed by atoms with Crippen molar-refractivity contribution in [3.8, 4) is 6.07 Å². The average molecular weight is 236 g/mol. The van der Waals surface area contributed by atoms with E-state index in [2.05, 4.69) is 18.3 Å². The third-order valence-electron chi connectivity index (χ3n) is 4.38. The minimum Gasteiger partial charge on any atom is -0.381 e. The van der Waals surface area contributed by atoms with Crippen molar-refractivity contribution in [3.05, 3.63) is 0 Å². The Kier molecular flexibility index (Phi) is 4.82. The number of nitrogens with zero attached hydrogens (tertiary/aromatic N) is 1. The van der Waals surface area contributed by atoms with Crippen LogP contribution >= 0.6 is 0 Å². The van der Waals surface area contributed by atoms with E-state index < -0.39 is 0 Å². The van der Waals surface area contributed by atoms with Crippen LogP contribution in [-0.4, -0.2) is 25.3 Å². The molecule has 0 radical (unpaired) electrons. The maximum Gasteiger partial charge on any atom is 0.0672 e. The molecule has 0 spiro atoms. The summed E-state index contributed by atoms with van der Waals surface area (Å²) in [4.78, 5) is 0. The van der Waals surface area contributed by atoms with Gasteiger partial charge in [0.2, 0.25) is 0 Å². The zero-order chi connectivity index (χ0) is 12.1. The first-order valence-electron chi connectivity index (χ1n) is 7.04. The molecule has 0 aromatic carbocycles. The SMILES string of the molecule is CC(NC1CCCCC1C#N)C1CCOCC1. The summed E-state index contributed by atoms with van der Waals surface area (Å²) < 4.78 is 5.40. The smallest absolute Gasteiger partial charge is 0.0672 e. The zero-order valence-electron chi connectivity index (χ0n) is 10.8. The Hall–Kier alpha value is -0.590. The summed E-state index contributed by atoms with van der Waals surface area (Å²) in [5.41, 5.74) is 0. The molecule has 2 aliphatic rings. The van der Waals surface area contributed by atoms with Crippen LogP contribution in [0.4, 0.5) is 0 Å². The maximum absolute atomic E-state index is 9.17. The Bertz CT molecular complexity index is 268. The second kappa shape index (κ2) is 6.37. The topological polar surface area (TPSA) is 45.0 Å². The van der Waals surface area contributed by atoms with Gasteiger partial charge in [-0.2, -0.15) is 5.26 Å². The maximum atomic E-state index is 9.17. The Balaban J connectivity index is 1.83. The molecule has 0 bridgehead atoms. The third kappa shape index (κ3) is 3.43. The van der Waals surface area contributed by atoms with Gasteiger partial charge < -0.3 is 10.1 Å². The van der Waals surface area contributed by atoms with Crippen LogP contribution in [0.5, 0.6) is 0 Å². The highest BCUT2D eigenvalue weighted by Crippen LogP contribution is 2.26. The van der Waals surface area contributed by atoms with Gasteiger partial charge in [-0.05, 0) is 38.5 Å². The van der Waals surface area contributed by atoms with Crippen LogP contribution in [0.1, 0.15) is 45.4 Å². The van der Waals surface area contributed by atoms with Crippen LogP contribution in [0, 0.1) is 23.2 Å². The largest absolute Gasteiger partial charge is 0.381 e. The van der Waals surface area contributed by atoms with Crippen LogP contribution in [0.15, 0.2) is 0 Å².